The van der Waals surface area contributed by atoms with E-state index in [1.807, 2.05) is 27.7 Å². The maximum absolute atomic E-state index is 11.7. The van der Waals surface area contributed by atoms with Gasteiger partial charge < -0.3 is 25.6 Å². The first kappa shape index (κ1) is 21.5. The first-order chi connectivity index (χ1) is 11.8. The van der Waals surface area contributed by atoms with Gasteiger partial charge in [0.05, 0.1) is 0 Å². The van der Waals surface area contributed by atoms with Gasteiger partial charge in [0.2, 0.25) is 0 Å². The summed E-state index contributed by atoms with van der Waals surface area (Å²) in [4.78, 5) is 25.4. The van der Waals surface area contributed by atoms with Gasteiger partial charge >= 0.3 is 12.1 Å². The van der Waals surface area contributed by atoms with Crippen molar-refractivity contribution in [2.45, 2.75) is 59.0 Å². The van der Waals surface area contributed by atoms with Crippen LogP contribution in [0.25, 0.3) is 0 Å². The lowest BCUT2D eigenvalue weighted by Gasteiger charge is -2.21. The van der Waals surface area contributed by atoms with Crippen molar-refractivity contribution in [3.8, 4) is 0 Å². The van der Waals surface area contributed by atoms with Crippen LogP contribution < -0.4 is 16.0 Å². The van der Waals surface area contributed by atoms with Crippen LogP contribution in [-0.4, -0.2) is 61.9 Å². The molecule has 7 heteroatoms. The van der Waals surface area contributed by atoms with Gasteiger partial charge in [-0.15, -0.1) is 0 Å². The zero-order chi connectivity index (χ0) is 18.7. The summed E-state index contributed by atoms with van der Waals surface area (Å²) < 4.78 is 5.26. The Morgan fingerprint density at radius 1 is 1.12 bits per heavy atom. The molecule has 3 amide bonds. The van der Waals surface area contributed by atoms with Crippen LogP contribution >= 0.6 is 0 Å². The van der Waals surface area contributed by atoms with Crippen LogP contribution in [0.15, 0.2) is 0 Å². The second-order valence-corrected chi connectivity index (χ2v) is 7.68. The normalized spacial score (nSPS) is 18.0. The van der Waals surface area contributed by atoms with E-state index in [1.54, 1.807) is 0 Å². The molecule has 0 aromatic carbocycles. The summed E-state index contributed by atoms with van der Waals surface area (Å²) >= 11 is 0. The first-order valence-electron chi connectivity index (χ1n) is 9.51. The molecule has 1 rings (SSSR count). The largest absolute Gasteiger partial charge is 0.444 e. The quantitative estimate of drug-likeness (QED) is 0.554. The highest BCUT2D eigenvalue weighted by Gasteiger charge is 2.23. The number of alkyl carbamates (subject to hydrolysis) is 1. The number of hydrogen-bond acceptors (Lipinski definition) is 4. The second kappa shape index (κ2) is 11.2. The SMILES string of the molecule is CCNC(=O)NCCCCCN1CC[C@H](CNC(=O)OC(C)(C)C)C1. The van der Waals surface area contributed by atoms with Crippen LogP contribution in [0.5, 0.6) is 0 Å². The average molecular weight is 357 g/mol. The number of carbonyl (C=O) groups is 2. The molecule has 1 heterocycles. The summed E-state index contributed by atoms with van der Waals surface area (Å²) in [6, 6.07) is -0.0811. The second-order valence-electron chi connectivity index (χ2n) is 7.68. The molecular formula is C18H36N4O3. The van der Waals surface area contributed by atoms with Gasteiger partial charge in [-0.3, -0.25) is 0 Å². The number of carbonyl (C=O) groups excluding carboxylic acids is 2. The predicted molar refractivity (Wildman–Crippen MR) is 99.7 cm³/mol. The molecule has 146 valence electrons. The average Bonchev–Trinajstić information content (AvgIpc) is 2.95. The number of urea groups is 1. The van der Waals surface area contributed by atoms with E-state index in [2.05, 4.69) is 20.9 Å². The highest BCUT2D eigenvalue weighted by atomic mass is 16.6. The Morgan fingerprint density at radius 3 is 2.56 bits per heavy atom. The number of hydrogen-bond donors (Lipinski definition) is 3. The molecule has 0 aromatic rings. The number of rotatable bonds is 9. The van der Waals surface area contributed by atoms with Crippen molar-refractivity contribution in [2.24, 2.45) is 5.92 Å². The highest BCUT2D eigenvalue weighted by Crippen LogP contribution is 2.16. The fourth-order valence-electron chi connectivity index (χ4n) is 2.89. The van der Waals surface area contributed by atoms with Crippen molar-refractivity contribution < 1.29 is 14.3 Å². The summed E-state index contributed by atoms with van der Waals surface area (Å²) in [5, 5.41) is 8.44. The minimum absolute atomic E-state index is 0.0811. The number of ether oxygens (including phenoxy) is 1. The van der Waals surface area contributed by atoms with Crippen molar-refractivity contribution in [3.63, 3.8) is 0 Å². The van der Waals surface area contributed by atoms with Gasteiger partial charge in [0.25, 0.3) is 0 Å². The van der Waals surface area contributed by atoms with E-state index >= 15 is 0 Å². The molecule has 0 aromatic heterocycles. The van der Waals surface area contributed by atoms with E-state index in [0.717, 1.165) is 51.9 Å². The van der Waals surface area contributed by atoms with Gasteiger partial charge in [-0.1, -0.05) is 6.42 Å². The number of unbranched alkanes of at least 4 members (excludes halogenated alkanes) is 2. The third-order valence-corrected chi connectivity index (χ3v) is 4.08. The molecule has 0 bridgehead atoms. The third-order valence-electron chi connectivity index (χ3n) is 4.08. The fourth-order valence-corrected chi connectivity index (χ4v) is 2.89. The van der Waals surface area contributed by atoms with Crippen molar-refractivity contribution >= 4 is 12.1 Å². The Morgan fingerprint density at radius 2 is 1.88 bits per heavy atom. The van der Waals surface area contributed by atoms with Crippen molar-refractivity contribution in [3.05, 3.63) is 0 Å². The zero-order valence-electron chi connectivity index (χ0n) is 16.3. The van der Waals surface area contributed by atoms with Crippen LogP contribution in [0.4, 0.5) is 9.59 Å². The molecule has 0 aliphatic carbocycles. The van der Waals surface area contributed by atoms with E-state index in [1.165, 1.54) is 0 Å². The van der Waals surface area contributed by atoms with Crippen LogP contribution in [0.2, 0.25) is 0 Å². The van der Waals surface area contributed by atoms with Crippen LogP contribution in [-0.2, 0) is 4.74 Å². The van der Waals surface area contributed by atoms with E-state index in [0.29, 0.717) is 19.0 Å². The van der Waals surface area contributed by atoms with E-state index in [4.69, 9.17) is 4.74 Å². The molecule has 7 nitrogen and oxygen atoms in total. The maximum atomic E-state index is 11.7. The minimum atomic E-state index is -0.447. The molecular weight excluding hydrogens is 320 g/mol. The van der Waals surface area contributed by atoms with E-state index in [9.17, 15) is 9.59 Å². The van der Waals surface area contributed by atoms with Crippen molar-refractivity contribution in [1.29, 1.82) is 0 Å². The van der Waals surface area contributed by atoms with Gasteiger partial charge in [-0.2, -0.15) is 0 Å². The molecule has 0 radical (unpaired) electrons. The fraction of sp³-hybridized carbons (Fsp3) is 0.889. The molecule has 0 unspecified atom stereocenters. The molecule has 1 aliphatic heterocycles. The predicted octanol–water partition coefficient (Wildman–Crippen LogP) is 2.32. The lowest BCUT2D eigenvalue weighted by atomic mass is 10.1. The van der Waals surface area contributed by atoms with Crippen molar-refractivity contribution in [2.75, 3.05) is 39.3 Å². The number of amides is 3. The number of nitrogens with one attached hydrogen (secondary N) is 3. The van der Waals surface area contributed by atoms with E-state index in [-0.39, 0.29) is 12.1 Å². The summed E-state index contributed by atoms with van der Waals surface area (Å²) in [5.41, 5.74) is -0.447. The summed E-state index contributed by atoms with van der Waals surface area (Å²) in [6.45, 7) is 12.8. The minimum Gasteiger partial charge on any atom is -0.444 e. The summed E-state index contributed by atoms with van der Waals surface area (Å²) in [6.07, 6.45) is 4.06. The topological polar surface area (TPSA) is 82.7 Å². The van der Waals surface area contributed by atoms with Gasteiger partial charge in [0.15, 0.2) is 0 Å². The lowest BCUT2D eigenvalue weighted by Crippen LogP contribution is -2.36. The van der Waals surface area contributed by atoms with E-state index < -0.39 is 5.60 Å². The van der Waals surface area contributed by atoms with Gasteiger partial charge in [-0.25, -0.2) is 9.59 Å². The van der Waals surface area contributed by atoms with Crippen LogP contribution in [0, 0.1) is 5.92 Å². The smallest absolute Gasteiger partial charge is 0.407 e. The van der Waals surface area contributed by atoms with Crippen LogP contribution in [0.1, 0.15) is 53.4 Å². The first-order valence-corrected chi connectivity index (χ1v) is 9.51. The Hall–Kier alpha value is -1.50. The Bertz CT molecular complexity index is 410. The highest BCUT2D eigenvalue weighted by molar-refractivity contribution is 5.73. The van der Waals surface area contributed by atoms with Gasteiger partial charge in [-0.05, 0) is 66.0 Å². The van der Waals surface area contributed by atoms with Gasteiger partial charge in [0.1, 0.15) is 5.60 Å². The molecule has 25 heavy (non-hydrogen) atoms. The molecule has 1 atom stereocenters. The lowest BCUT2D eigenvalue weighted by molar-refractivity contribution is 0.0519. The Kier molecular flexibility index (Phi) is 9.63. The summed E-state index contributed by atoms with van der Waals surface area (Å²) in [7, 11) is 0. The third kappa shape index (κ3) is 10.9. The molecule has 1 fully saturated rings. The van der Waals surface area contributed by atoms with Gasteiger partial charge in [0, 0.05) is 26.2 Å². The maximum Gasteiger partial charge on any atom is 0.407 e. The monoisotopic (exact) mass is 356 g/mol. The van der Waals surface area contributed by atoms with Crippen molar-refractivity contribution in [1.82, 2.24) is 20.9 Å². The molecule has 0 saturated carbocycles. The summed E-state index contributed by atoms with van der Waals surface area (Å²) in [5.74, 6) is 0.506. The Labute approximate surface area is 152 Å². The molecule has 1 saturated heterocycles. The number of likely N-dealkylation sites (tertiary alicyclic amines) is 1. The Balaban J connectivity index is 2.02. The van der Waals surface area contributed by atoms with Crippen LogP contribution in [0.3, 0.4) is 0 Å². The standard InChI is InChI=1S/C18H36N4O3/c1-5-19-16(23)20-10-7-6-8-11-22-12-9-15(14-22)13-21-17(24)25-18(2,3)4/h15H,5-14H2,1-4H3,(H,21,24)(H2,19,20,23)/t15-/m1/s1. The molecule has 1 aliphatic rings. The zero-order valence-corrected chi connectivity index (χ0v) is 16.3. The molecule has 0 spiro atoms. The number of nitrogens with zero attached hydrogens (tertiary/aromatic N) is 1. The molecule has 3 N–H and O–H groups in total.